The molecule has 1 amide bonds. The van der Waals surface area contributed by atoms with Gasteiger partial charge in [-0.1, -0.05) is 0 Å². The van der Waals surface area contributed by atoms with Gasteiger partial charge in [0.15, 0.2) is 0 Å². The second-order valence-corrected chi connectivity index (χ2v) is 2.16. The summed E-state index contributed by atoms with van der Waals surface area (Å²) in [5.74, 6) is 0. The molecule has 0 aromatic rings. The molecule has 0 aromatic heterocycles. The molecule has 3 heteroatoms. The van der Waals surface area contributed by atoms with E-state index in [1.165, 1.54) is 24.3 Å². The van der Waals surface area contributed by atoms with Crippen molar-refractivity contribution in [3.05, 3.63) is 12.3 Å². The van der Waals surface area contributed by atoms with E-state index in [1.54, 1.807) is 25.7 Å². The molecular formula is C5H6NOW-. The van der Waals surface area contributed by atoms with E-state index >= 15 is 0 Å². The van der Waals surface area contributed by atoms with Crippen LogP contribution in [-0.2, 0) is 24.1 Å². The SMILES string of the molecule is CN([C-]=O)/C=C\[CH]=[W]. The summed E-state index contributed by atoms with van der Waals surface area (Å²) in [5, 5.41) is 0. The Morgan fingerprint density at radius 2 is 2.38 bits per heavy atom. The van der Waals surface area contributed by atoms with Crippen LogP contribution in [0, 0.1) is 0 Å². The summed E-state index contributed by atoms with van der Waals surface area (Å²) >= 11 is 1.37. The predicted molar refractivity (Wildman–Crippen MR) is 28.7 cm³/mol. The van der Waals surface area contributed by atoms with Gasteiger partial charge in [-0.2, -0.15) is 0 Å². The van der Waals surface area contributed by atoms with Gasteiger partial charge < -0.3 is 0 Å². The zero-order chi connectivity index (χ0) is 6.41. The summed E-state index contributed by atoms with van der Waals surface area (Å²) in [5.41, 5.74) is 0. The van der Waals surface area contributed by atoms with Gasteiger partial charge in [0.2, 0.25) is 0 Å². The summed E-state index contributed by atoms with van der Waals surface area (Å²) in [6.45, 7) is 0. The van der Waals surface area contributed by atoms with Crippen molar-refractivity contribution in [1.29, 1.82) is 0 Å². The zero-order valence-corrected chi connectivity index (χ0v) is 7.43. The fourth-order valence-electron chi connectivity index (χ4n) is 0.195. The molecular weight excluding hydrogens is 274 g/mol. The molecule has 0 aliphatic carbocycles. The van der Waals surface area contributed by atoms with E-state index in [2.05, 4.69) is 0 Å². The second kappa shape index (κ2) is 4.92. The Balaban J connectivity index is 3.50. The Morgan fingerprint density at radius 3 is 2.75 bits per heavy atom. The van der Waals surface area contributed by atoms with Crippen LogP contribution in [0.3, 0.4) is 0 Å². The second-order valence-electron chi connectivity index (χ2n) is 1.18. The Kier molecular flexibility index (Phi) is 4.77. The van der Waals surface area contributed by atoms with Gasteiger partial charge in [0, 0.05) is 0 Å². The summed E-state index contributed by atoms with van der Waals surface area (Å²) in [4.78, 5) is 11.1. The topological polar surface area (TPSA) is 20.3 Å². The number of hydrogen-bond acceptors (Lipinski definition) is 1. The zero-order valence-electron chi connectivity index (χ0n) is 4.50. The minimum atomic E-state index is 1.33. The Bertz CT molecular complexity index is 111. The predicted octanol–water partition coefficient (Wildman–Crippen LogP) is -0.152. The third-order valence-electron chi connectivity index (χ3n) is 0.532. The van der Waals surface area contributed by atoms with E-state index in [4.69, 9.17) is 0 Å². The maximum atomic E-state index is 9.75. The third kappa shape index (κ3) is 3.94. The molecule has 0 atom stereocenters. The van der Waals surface area contributed by atoms with Gasteiger partial charge in [0.05, 0.1) is 0 Å². The average molecular weight is 280 g/mol. The molecule has 0 saturated carbocycles. The van der Waals surface area contributed by atoms with Crippen molar-refractivity contribution < 1.29 is 24.1 Å². The molecule has 0 rings (SSSR count). The van der Waals surface area contributed by atoms with Crippen LogP contribution in [-0.4, -0.2) is 22.8 Å². The summed E-state index contributed by atoms with van der Waals surface area (Å²) in [7, 11) is 1.64. The van der Waals surface area contributed by atoms with Gasteiger partial charge >= 0.3 is 59.2 Å². The van der Waals surface area contributed by atoms with Crippen LogP contribution in [0.1, 0.15) is 0 Å². The van der Waals surface area contributed by atoms with Gasteiger partial charge in [-0.15, -0.1) is 0 Å². The third-order valence-corrected chi connectivity index (χ3v) is 1.10. The number of carbonyl (C=O) groups excluding carboxylic acids is 1. The van der Waals surface area contributed by atoms with Crippen molar-refractivity contribution in [2.75, 3.05) is 7.05 Å². The van der Waals surface area contributed by atoms with Crippen molar-refractivity contribution in [1.82, 2.24) is 4.90 Å². The maximum absolute atomic E-state index is 9.75. The number of rotatable bonds is 3. The van der Waals surface area contributed by atoms with Crippen LogP contribution in [0.5, 0.6) is 0 Å². The molecule has 0 unspecified atom stereocenters. The van der Waals surface area contributed by atoms with Gasteiger partial charge in [-0.25, -0.2) is 0 Å². The Morgan fingerprint density at radius 1 is 1.75 bits per heavy atom. The first-order valence-corrected chi connectivity index (χ1v) is 3.73. The van der Waals surface area contributed by atoms with E-state index in [0.717, 1.165) is 0 Å². The van der Waals surface area contributed by atoms with Gasteiger partial charge in [-0.3, -0.25) is 0 Å². The molecule has 0 N–H and O–H groups in total. The molecule has 0 radical (unpaired) electrons. The van der Waals surface area contributed by atoms with Crippen molar-refractivity contribution in [3.63, 3.8) is 0 Å². The standard InChI is InChI=1S/C5H6NO.W/c1-3-4-6(2)5-7;/h1,3-4H,2H3;/q-1;/b4-3-;. The number of amides is 1. The summed E-state index contributed by atoms with van der Waals surface area (Å²) < 4.78 is 1.92. The normalized spacial score (nSPS) is 9.12. The van der Waals surface area contributed by atoms with E-state index in [9.17, 15) is 4.79 Å². The summed E-state index contributed by atoms with van der Waals surface area (Å²) in [6, 6.07) is 0. The number of allylic oxidation sites excluding steroid dienone is 1. The van der Waals surface area contributed by atoms with Crippen LogP contribution in [0.25, 0.3) is 0 Å². The van der Waals surface area contributed by atoms with Crippen LogP contribution in [0.4, 0.5) is 0 Å². The van der Waals surface area contributed by atoms with Gasteiger partial charge in [-0.05, 0) is 0 Å². The molecule has 0 saturated heterocycles. The Labute approximate surface area is 59.6 Å². The molecule has 0 bridgehead atoms. The fourth-order valence-corrected chi connectivity index (χ4v) is 0.447. The first-order valence-electron chi connectivity index (χ1n) is 2.04. The van der Waals surface area contributed by atoms with Crippen LogP contribution in [0.2, 0.25) is 0 Å². The molecule has 0 fully saturated rings. The summed E-state index contributed by atoms with van der Waals surface area (Å²) in [6.07, 6.45) is 5.14. The average Bonchev–Trinajstić information content (AvgIpc) is 1.83. The van der Waals surface area contributed by atoms with Crippen molar-refractivity contribution in [2.24, 2.45) is 0 Å². The van der Waals surface area contributed by atoms with Crippen LogP contribution < -0.4 is 0 Å². The molecule has 8 heavy (non-hydrogen) atoms. The fraction of sp³-hybridized carbons (Fsp3) is 0.200. The van der Waals surface area contributed by atoms with E-state index < -0.39 is 0 Å². The molecule has 44 valence electrons. The van der Waals surface area contributed by atoms with E-state index in [1.807, 2.05) is 4.40 Å². The minimum absolute atomic E-state index is 1.33. The van der Waals surface area contributed by atoms with Gasteiger partial charge in [0.25, 0.3) is 0 Å². The molecule has 2 nitrogen and oxygen atoms in total. The first-order chi connectivity index (χ1) is 3.81. The molecule has 0 aromatic carbocycles. The van der Waals surface area contributed by atoms with E-state index in [-0.39, 0.29) is 0 Å². The van der Waals surface area contributed by atoms with Crippen molar-refractivity contribution in [3.8, 4) is 0 Å². The van der Waals surface area contributed by atoms with Crippen molar-refractivity contribution >= 4 is 10.8 Å². The van der Waals surface area contributed by atoms with E-state index in [0.29, 0.717) is 0 Å². The molecule has 0 aliphatic rings. The van der Waals surface area contributed by atoms with Crippen LogP contribution >= 0.6 is 0 Å². The molecule has 0 spiro atoms. The number of nitrogens with zero attached hydrogens (tertiary/aromatic N) is 1. The molecule has 0 heterocycles. The first kappa shape index (κ1) is 7.77. The Hall–Kier alpha value is -0.232. The monoisotopic (exact) mass is 280 g/mol. The quantitative estimate of drug-likeness (QED) is 0.520. The number of hydrogen-bond donors (Lipinski definition) is 0. The van der Waals surface area contributed by atoms with Gasteiger partial charge in [0.1, 0.15) is 0 Å². The van der Waals surface area contributed by atoms with Crippen LogP contribution in [0.15, 0.2) is 12.3 Å². The molecule has 0 aliphatic heterocycles. The van der Waals surface area contributed by atoms with Crippen molar-refractivity contribution in [2.45, 2.75) is 0 Å².